The fourth-order valence-corrected chi connectivity index (χ4v) is 1.31. The first kappa shape index (κ1) is 11.3. The van der Waals surface area contributed by atoms with Crippen LogP contribution in [0.1, 0.15) is 25.7 Å². The van der Waals surface area contributed by atoms with Crippen molar-refractivity contribution in [1.29, 1.82) is 0 Å². The van der Waals surface area contributed by atoms with Crippen LogP contribution < -0.4 is 0 Å². The van der Waals surface area contributed by atoms with Crippen molar-refractivity contribution in [3.63, 3.8) is 0 Å². The third-order valence-electron chi connectivity index (χ3n) is 2.26. The molecule has 0 unspecified atom stereocenters. The van der Waals surface area contributed by atoms with E-state index in [1.54, 1.807) is 12.1 Å². The van der Waals surface area contributed by atoms with E-state index in [0.717, 1.165) is 0 Å². The largest absolute Gasteiger partial charge is 0.420 e. The van der Waals surface area contributed by atoms with E-state index in [-0.39, 0.29) is 11.6 Å². The molecule has 0 aliphatic carbocycles. The third kappa shape index (κ3) is 2.30. The maximum Gasteiger partial charge on any atom is 0.269 e. The van der Waals surface area contributed by atoms with E-state index in [2.05, 4.69) is 10.2 Å². The molecule has 1 aromatic heterocycles. The fourth-order valence-electron chi connectivity index (χ4n) is 1.31. The Morgan fingerprint density at radius 3 is 2.35 bits per heavy atom. The summed E-state index contributed by atoms with van der Waals surface area (Å²) < 4.78 is 5.44. The molecule has 0 N–H and O–H groups in total. The van der Waals surface area contributed by atoms with Gasteiger partial charge in [0.25, 0.3) is 5.69 Å². The summed E-state index contributed by atoms with van der Waals surface area (Å²) in [4.78, 5) is 10.0. The van der Waals surface area contributed by atoms with Crippen LogP contribution in [-0.2, 0) is 0 Å². The van der Waals surface area contributed by atoms with Gasteiger partial charge in [0.1, 0.15) is 0 Å². The van der Waals surface area contributed by atoms with Crippen molar-refractivity contribution in [2.45, 2.75) is 19.8 Å². The zero-order valence-electron chi connectivity index (χ0n) is 9.45. The lowest BCUT2D eigenvalue weighted by atomic mass is 10.2. The Morgan fingerprint density at radius 2 is 1.88 bits per heavy atom. The predicted octanol–water partition coefficient (Wildman–Crippen LogP) is 2.77. The SMILES string of the molecule is CC(C)c1nnc(-c2ccc([N+](=O)[O-])cc2)o1. The summed E-state index contributed by atoms with van der Waals surface area (Å²) >= 11 is 0. The molecule has 0 bridgehead atoms. The van der Waals surface area contributed by atoms with Crippen LogP contribution in [-0.4, -0.2) is 15.1 Å². The van der Waals surface area contributed by atoms with E-state index in [4.69, 9.17) is 4.42 Å². The summed E-state index contributed by atoms with van der Waals surface area (Å²) in [5.41, 5.74) is 0.715. The maximum absolute atomic E-state index is 10.5. The number of benzene rings is 1. The highest BCUT2D eigenvalue weighted by Gasteiger charge is 2.12. The van der Waals surface area contributed by atoms with Gasteiger partial charge in [-0.25, -0.2) is 0 Å². The second kappa shape index (κ2) is 4.32. The number of aromatic nitrogens is 2. The van der Waals surface area contributed by atoms with Crippen LogP contribution >= 0.6 is 0 Å². The zero-order chi connectivity index (χ0) is 12.4. The number of rotatable bonds is 3. The molecule has 2 rings (SSSR count). The average molecular weight is 233 g/mol. The fraction of sp³-hybridized carbons (Fsp3) is 0.273. The minimum absolute atomic E-state index is 0.0392. The van der Waals surface area contributed by atoms with E-state index < -0.39 is 4.92 Å². The normalized spacial score (nSPS) is 10.8. The standard InChI is InChI=1S/C11H11N3O3/c1-7(2)10-12-13-11(17-10)8-3-5-9(6-4-8)14(15)16/h3-7H,1-2H3. The molecule has 0 saturated carbocycles. The second-order valence-electron chi connectivity index (χ2n) is 3.90. The predicted molar refractivity (Wildman–Crippen MR) is 60.5 cm³/mol. The summed E-state index contributed by atoms with van der Waals surface area (Å²) in [6.45, 7) is 3.90. The van der Waals surface area contributed by atoms with E-state index in [0.29, 0.717) is 17.3 Å². The van der Waals surface area contributed by atoms with Gasteiger partial charge >= 0.3 is 0 Å². The van der Waals surface area contributed by atoms with Crippen LogP contribution in [0.5, 0.6) is 0 Å². The molecule has 88 valence electrons. The van der Waals surface area contributed by atoms with E-state index >= 15 is 0 Å². The number of nitrogens with zero attached hydrogens (tertiary/aromatic N) is 3. The molecule has 0 aliphatic heterocycles. The summed E-state index contributed by atoms with van der Waals surface area (Å²) in [5, 5.41) is 18.3. The van der Waals surface area contributed by atoms with E-state index in [9.17, 15) is 10.1 Å². The van der Waals surface area contributed by atoms with Crippen LogP contribution in [0.4, 0.5) is 5.69 Å². The van der Waals surface area contributed by atoms with Crippen LogP contribution in [0.3, 0.4) is 0 Å². The van der Waals surface area contributed by atoms with Crippen molar-refractivity contribution in [1.82, 2.24) is 10.2 Å². The lowest BCUT2D eigenvalue weighted by Gasteiger charge is -1.96. The molecule has 0 spiro atoms. The van der Waals surface area contributed by atoms with Gasteiger partial charge in [0, 0.05) is 23.6 Å². The van der Waals surface area contributed by atoms with Gasteiger partial charge < -0.3 is 4.42 Å². The molecule has 6 heteroatoms. The zero-order valence-corrected chi connectivity index (χ0v) is 9.45. The minimum atomic E-state index is -0.447. The Labute approximate surface area is 97.4 Å². The van der Waals surface area contributed by atoms with Gasteiger partial charge in [-0.2, -0.15) is 0 Å². The van der Waals surface area contributed by atoms with Gasteiger partial charge in [-0.15, -0.1) is 10.2 Å². The van der Waals surface area contributed by atoms with Gasteiger partial charge in [-0.3, -0.25) is 10.1 Å². The van der Waals surface area contributed by atoms with Gasteiger partial charge in [0.2, 0.25) is 11.8 Å². The molecule has 2 aromatic rings. The van der Waals surface area contributed by atoms with Crippen LogP contribution in [0.2, 0.25) is 0 Å². The number of hydrogen-bond donors (Lipinski definition) is 0. The number of nitro benzene ring substituents is 1. The van der Waals surface area contributed by atoms with Crippen molar-refractivity contribution in [3.8, 4) is 11.5 Å². The average Bonchev–Trinajstić information content (AvgIpc) is 2.78. The first-order chi connectivity index (χ1) is 8.08. The molecule has 0 amide bonds. The van der Waals surface area contributed by atoms with E-state index in [1.165, 1.54) is 12.1 Å². The molecular formula is C11H11N3O3. The molecule has 6 nitrogen and oxygen atoms in total. The molecule has 17 heavy (non-hydrogen) atoms. The number of non-ortho nitro benzene ring substituents is 1. The van der Waals surface area contributed by atoms with E-state index in [1.807, 2.05) is 13.8 Å². The van der Waals surface area contributed by atoms with Gasteiger partial charge in [-0.1, -0.05) is 13.8 Å². The topological polar surface area (TPSA) is 82.1 Å². The smallest absolute Gasteiger partial charge is 0.269 e. The molecular weight excluding hydrogens is 222 g/mol. The third-order valence-corrected chi connectivity index (χ3v) is 2.26. The van der Waals surface area contributed by atoms with Gasteiger partial charge in [0.15, 0.2) is 0 Å². The Kier molecular flexibility index (Phi) is 2.86. The Hall–Kier alpha value is -2.24. The van der Waals surface area contributed by atoms with Crippen molar-refractivity contribution >= 4 is 5.69 Å². The highest BCUT2D eigenvalue weighted by atomic mass is 16.6. The molecule has 1 aromatic carbocycles. The van der Waals surface area contributed by atoms with Gasteiger partial charge in [-0.05, 0) is 12.1 Å². The van der Waals surface area contributed by atoms with Crippen molar-refractivity contribution < 1.29 is 9.34 Å². The first-order valence-electron chi connectivity index (χ1n) is 5.16. The Morgan fingerprint density at radius 1 is 1.24 bits per heavy atom. The molecule has 0 fully saturated rings. The summed E-state index contributed by atoms with van der Waals surface area (Å²) in [6, 6.07) is 6.01. The quantitative estimate of drug-likeness (QED) is 0.601. The number of hydrogen-bond acceptors (Lipinski definition) is 5. The molecule has 0 atom stereocenters. The van der Waals surface area contributed by atoms with Crippen LogP contribution in [0.15, 0.2) is 28.7 Å². The summed E-state index contributed by atoms with van der Waals surface area (Å²) in [5.74, 6) is 1.09. The van der Waals surface area contributed by atoms with Crippen molar-refractivity contribution in [3.05, 3.63) is 40.3 Å². The lowest BCUT2D eigenvalue weighted by molar-refractivity contribution is -0.384. The lowest BCUT2D eigenvalue weighted by Crippen LogP contribution is -1.87. The second-order valence-corrected chi connectivity index (χ2v) is 3.90. The highest BCUT2D eigenvalue weighted by molar-refractivity contribution is 5.55. The first-order valence-corrected chi connectivity index (χ1v) is 5.16. The minimum Gasteiger partial charge on any atom is -0.420 e. The van der Waals surface area contributed by atoms with Crippen molar-refractivity contribution in [2.75, 3.05) is 0 Å². The molecule has 0 aliphatic rings. The number of nitro groups is 1. The van der Waals surface area contributed by atoms with Crippen LogP contribution in [0, 0.1) is 10.1 Å². The monoisotopic (exact) mass is 233 g/mol. The van der Waals surface area contributed by atoms with Gasteiger partial charge in [0.05, 0.1) is 4.92 Å². The maximum atomic E-state index is 10.5. The Balaban J connectivity index is 2.30. The summed E-state index contributed by atoms with van der Waals surface area (Å²) in [7, 11) is 0. The van der Waals surface area contributed by atoms with Crippen molar-refractivity contribution in [2.24, 2.45) is 0 Å². The molecule has 1 heterocycles. The highest BCUT2D eigenvalue weighted by Crippen LogP contribution is 2.23. The molecule has 0 saturated heterocycles. The van der Waals surface area contributed by atoms with Crippen LogP contribution in [0.25, 0.3) is 11.5 Å². The summed E-state index contributed by atoms with van der Waals surface area (Å²) in [6.07, 6.45) is 0. The Bertz CT molecular complexity index is 531. The molecule has 0 radical (unpaired) electrons.